The zero-order chi connectivity index (χ0) is 11.6. The highest BCUT2D eigenvalue weighted by Gasteiger charge is 2.35. The lowest BCUT2D eigenvalue weighted by atomic mass is 10.1. The average molecular weight is 231 g/mol. The van der Waals surface area contributed by atoms with Gasteiger partial charge in [-0.3, -0.25) is 9.59 Å². The highest BCUT2D eigenvalue weighted by molar-refractivity contribution is 8.01. The van der Waals surface area contributed by atoms with E-state index in [2.05, 4.69) is 0 Å². The number of carboxylic acids is 1. The Morgan fingerprint density at radius 3 is 2.53 bits per heavy atom. The van der Waals surface area contributed by atoms with E-state index >= 15 is 0 Å². The number of carbonyl (C=O) groups excluding carboxylic acids is 1. The van der Waals surface area contributed by atoms with Gasteiger partial charge in [-0.05, 0) is 12.3 Å². The third-order valence-electron chi connectivity index (χ3n) is 2.54. The van der Waals surface area contributed by atoms with Gasteiger partial charge in [0.25, 0.3) is 0 Å². The van der Waals surface area contributed by atoms with Crippen LogP contribution < -0.4 is 0 Å². The maximum atomic E-state index is 11.6. The molecular weight excluding hydrogens is 214 g/mol. The maximum Gasteiger partial charge on any atom is 0.316 e. The molecule has 2 unspecified atom stereocenters. The number of carbonyl (C=O) groups is 2. The number of likely N-dealkylation sites (tertiary alicyclic amines) is 1. The molecule has 0 bridgehead atoms. The molecule has 2 atom stereocenters. The Kier molecular flexibility index (Phi) is 4.02. The molecule has 1 aliphatic rings. The summed E-state index contributed by atoms with van der Waals surface area (Å²) in [5.74, 6) is -0.713. The fourth-order valence-corrected chi connectivity index (χ4v) is 2.92. The van der Waals surface area contributed by atoms with Crippen LogP contribution >= 0.6 is 11.8 Å². The van der Waals surface area contributed by atoms with Crippen LogP contribution in [0.5, 0.6) is 0 Å². The van der Waals surface area contributed by atoms with Crippen molar-refractivity contribution in [3.8, 4) is 0 Å². The largest absolute Gasteiger partial charge is 0.480 e. The summed E-state index contributed by atoms with van der Waals surface area (Å²) in [6, 6.07) is 0. The van der Waals surface area contributed by atoms with Gasteiger partial charge in [-0.2, -0.15) is 0 Å². The van der Waals surface area contributed by atoms with Crippen LogP contribution in [0.2, 0.25) is 0 Å². The molecule has 0 saturated carbocycles. The number of nitrogens with zero attached hydrogens (tertiary/aromatic N) is 1. The van der Waals surface area contributed by atoms with Gasteiger partial charge in [-0.1, -0.05) is 13.8 Å². The second kappa shape index (κ2) is 4.88. The summed E-state index contributed by atoms with van der Waals surface area (Å²) in [6.07, 6.45) is 0.760. The molecule has 0 aliphatic carbocycles. The van der Waals surface area contributed by atoms with E-state index in [0.29, 0.717) is 0 Å². The van der Waals surface area contributed by atoms with Crippen LogP contribution in [0.25, 0.3) is 0 Å². The smallest absolute Gasteiger partial charge is 0.316 e. The molecule has 1 heterocycles. The van der Waals surface area contributed by atoms with Crippen LogP contribution in [-0.2, 0) is 9.59 Å². The van der Waals surface area contributed by atoms with Crippen LogP contribution in [0, 0.1) is 5.92 Å². The van der Waals surface area contributed by atoms with Crippen molar-refractivity contribution in [2.75, 3.05) is 13.6 Å². The summed E-state index contributed by atoms with van der Waals surface area (Å²) in [5.41, 5.74) is 0. The number of aliphatic carboxylic acids is 1. The van der Waals surface area contributed by atoms with E-state index in [-0.39, 0.29) is 17.1 Å². The Labute approximate surface area is 94.0 Å². The number of carboxylic acid groups (broad SMARTS) is 1. The lowest BCUT2D eigenvalue weighted by Gasteiger charge is -2.18. The molecule has 0 spiro atoms. The summed E-state index contributed by atoms with van der Waals surface area (Å²) in [6.45, 7) is 4.48. The predicted octanol–water partition coefficient (Wildman–Crippen LogP) is 1.06. The normalized spacial score (nSPS) is 23.6. The van der Waals surface area contributed by atoms with Crippen molar-refractivity contribution >= 4 is 23.6 Å². The topological polar surface area (TPSA) is 57.6 Å². The van der Waals surface area contributed by atoms with Gasteiger partial charge in [0.2, 0.25) is 5.91 Å². The van der Waals surface area contributed by atoms with E-state index in [1.54, 1.807) is 11.9 Å². The van der Waals surface area contributed by atoms with E-state index in [1.807, 2.05) is 13.8 Å². The third kappa shape index (κ3) is 2.87. The number of hydrogen-bond donors (Lipinski definition) is 1. The maximum absolute atomic E-state index is 11.6. The first-order valence-corrected chi connectivity index (χ1v) is 6.01. The van der Waals surface area contributed by atoms with Gasteiger partial charge in [0.1, 0.15) is 5.25 Å². The minimum absolute atomic E-state index is 0.0474. The highest BCUT2D eigenvalue weighted by atomic mass is 32.2. The molecule has 0 radical (unpaired) electrons. The first-order valence-electron chi connectivity index (χ1n) is 5.06. The summed E-state index contributed by atoms with van der Waals surface area (Å²) in [7, 11) is 1.76. The van der Waals surface area contributed by atoms with E-state index in [1.165, 1.54) is 11.8 Å². The summed E-state index contributed by atoms with van der Waals surface area (Å²) in [4.78, 5) is 24.2. The molecular formula is C10H17NO3S. The molecule has 4 nitrogen and oxygen atoms in total. The number of amides is 1. The monoisotopic (exact) mass is 231 g/mol. The van der Waals surface area contributed by atoms with Crippen molar-refractivity contribution in [2.24, 2.45) is 5.92 Å². The van der Waals surface area contributed by atoms with Gasteiger partial charge in [0.15, 0.2) is 0 Å². The fraction of sp³-hybridized carbons (Fsp3) is 0.800. The zero-order valence-corrected chi connectivity index (χ0v) is 10.1. The van der Waals surface area contributed by atoms with Crippen LogP contribution in [0.15, 0.2) is 0 Å². The Balaban J connectivity index is 2.60. The van der Waals surface area contributed by atoms with Crippen LogP contribution in [0.4, 0.5) is 0 Å². The second-order valence-electron chi connectivity index (χ2n) is 4.18. The first kappa shape index (κ1) is 12.4. The lowest BCUT2D eigenvalue weighted by molar-refractivity contribution is -0.137. The molecule has 0 aromatic rings. The Morgan fingerprint density at radius 2 is 2.20 bits per heavy atom. The standard InChI is InChI=1S/C10H17NO3S/c1-6(2)8(10(13)14)15-7-4-5-11(3)9(7)12/h6-8H,4-5H2,1-3H3,(H,13,14). The minimum atomic E-state index is -0.822. The highest BCUT2D eigenvalue weighted by Crippen LogP contribution is 2.30. The molecule has 1 rings (SSSR count). The molecule has 1 fully saturated rings. The van der Waals surface area contributed by atoms with Crippen molar-refractivity contribution in [3.05, 3.63) is 0 Å². The van der Waals surface area contributed by atoms with Crippen molar-refractivity contribution < 1.29 is 14.7 Å². The van der Waals surface area contributed by atoms with E-state index in [9.17, 15) is 9.59 Å². The minimum Gasteiger partial charge on any atom is -0.480 e. The molecule has 5 heteroatoms. The van der Waals surface area contributed by atoms with Crippen molar-refractivity contribution in [2.45, 2.75) is 30.8 Å². The summed E-state index contributed by atoms with van der Waals surface area (Å²) >= 11 is 1.29. The van der Waals surface area contributed by atoms with Gasteiger partial charge in [0.05, 0.1) is 5.25 Å². The SMILES string of the molecule is CC(C)C(SC1CCN(C)C1=O)C(=O)O. The summed E-state index contributed by atoms with van der Waals surface area (Å²) < 4.78 is 0. The lowest BCUT2D eigenvalue weighted by Crippen LogP contribution is -2.29. The first-order chi connectivity index (χ1) is 6.93. The Bertz CT molecular complexity index is 267. The molecule has 1 N–H and O–H groups in total. The fourth-order valence-electron chi connectivity index (χ4n) is 1.59. The molecule has 0 aromatic carbocycles. The van der Waals surface area contributed by atoms with E-state index in [4.69, 9.17) is 5.11 Å². The number of rotatable bonds is 4. The predicted molar refractivity (Wildman–Crippen MR) is 59.9 cm³/mol. The van der Waals surface area contributed by atoms with Crippen molar-refractivity contribution in [1.29, 1.82) is 0 Å². The molecule has 1 saturated heterocycles. The van der Waals surface area contributed by atoms with Crippen molar-refractivity contribution in [3.63, 3.8) is 0 Å². The van der Waals surface area contributed by atoms with Crippen molar-refractivity contribution in [1.82, 2.24) is 4.90 Å². The third-order valence-corrected chi connectivity index (χ3v) is 4.34. The van der Waals surface area contributed by atoms with Crippen LogP contribution in [-0.4, -0.2) is 46.0 Å². The van der Waals surface area contributed by atoms with Gasteiger partial charge in [0, 0.05) is 13.6 Å². The van der Waals surface area contributed by atoms with Crippen LogP contribution in [0.1, 0.15) is 20.3 Å². The quantitative estimate of drug-likeness (QED) is 0.786. The Morgan fingerprint density at radius 1 is 1.60 bits per heavy atom. The average Bonchev–Trinajstić information content (AvgIpc) is 2.43. The molecule has 0 aromatic heterocycles. The van der Waals surface area contributed by atoms with Gasteiger partial charge in [-0.25, -0.2) is 0 Å². The number of hydrogen-bond acceptors (Lipinski definition) is 3. The second-order valence-corrected chi connectivity index (χ2v) is 5.53. The number of thioether (sulfide) groups is 1. The van der Waals surface area contributed by atoms with Crippen LogP contribution in [0.3, 0.4) is 0 Å². The molecule has 1 amide bonds. The Hall–Kier alpha value is -0.710. The van der Waals surface area contributed by atoms with Gasteiger partial charge in [-0.15, -0.1) is 11.8 Å². The zero-order valence-electron chi connectivity index (χ0n) is 9.27. The van der Waals surface area contributed by atoms with Gasteiger partial charge < -0.3 is 10.0 Å². The van der Waals surface area contributed by atoms with E-state index in [0.717, 1.165) is 13.0 Å². The molecule has 15 heavy (non-hydrogen) atoms. The summed E-state index contributed by atoms with van der Waals surface area (Å²) in [5, 5.41) is 8.36. The molecule has 86 valence electrons. The van der Waals surface area contributed by atoms with E-state index < -0.39 is 11.2 Å². The van der Waals surface area contributed by atoms with Gasteiger partial charge >= 0.3 is 5.97 Å². The molecule has 1 aliphatic heterocycles.